The van der Waals surface area contributed by atoms with Crippen molar-refractivity contribution in [1.82, 2.24) is 9.97 Å². The molecule has 0 radical (unpaired) electrons. The van der Waals surface area contributed by atoms with Gasteiger partial charge in [0.15, 0.2) is 0 Å². The van der Waals surface area contributed by atoms with Gasteiger partial charge in [0.1, 0.15) is 11.6 Å². The molecule has 1 aromatic carbocycles. The molecule has 0 saturated carbocycles. The topological polar surface area (TPSA) is 41.1 Å². The Morgan fingerprint density at radius 2 is 2.11 bits per heavy atom. The van der Waals surface area contributed by atoms with Crippen LogP contribution < -0.4 is 10.2 Å². The normalized spacial score (nSPS) is 13.5. The molecule has 98 valence electrons. The van der Waals surface area contributed by atoms with E-state index in [0.717, 1.165) is 35.7 Å². The summed E-state index contributed by atoms with van der Waals surface area (Å²) in [6.45, 7) is 2.74. The Hall–Kier alpha value is -2.17. The third-order valence-corrected chi connectivity index (χ3v) is 3.28. The lowest BCUT2D eigenvalue weighted by Crippen LogP contribution is -2.16. The molecule has 1 aliphatic heterocycles. The van der Waals surface area contributed by atoms with E-state index in [1.807, 2.05) is 24.0 Å². The van der Waals surface area contributed by atoms with Crippen LogP contribution in [0.5, 0.6) is 0 Å². The Morgan fingerprint density at radius 1 is 1.26 bits per heavy atom. The highest BCUT2D eigenvalue weighted by atomic mass is 19.1. The van der Waals surface area contributed by atoms with Gasteiger partial charge in [0, 0.05) is 31.0 Å². The van der Waals surface area contributed by atoms with Gasteiger partial charge in [-0.3, -0.25) is 0 Å². The molecule has 0 saturated heterocycles. The van der Waals surface area contributed by atoms with Gasteiger partial charge in [-0.05, 0) is 31.0 Å². The predicted octanol–water partition coefficient (Wildman–Crippen LogP) is 2.66. The van der Waals surface area contributed by atoms with Crippen LogP contribution in [0.1, 0.15) is 11.3 Å². The SMILES string of the molecule is CNc1nc(C)cc(N2CCc3ccc(F)cc32)n1. The maximum absolute atomic E-state index is 13.4. The summed E-state index contributed by atoms with van der Waals surface area (Å²) >= 11 is 0. The molecule has 2 heterocycles. The second-order valence-electron chi connectivity index (χ2n) is 4.62. The monoisotopic (exact) mass is 258 g/mol. The van der Waals surface area contributed by atoms with Crippen molar-refractivity contribution >= 4 is 17.5 Å². The zero-order valence-electron chi connectivity index (χ0n) is 10.9. The van der Waals surface area contributed by atoms with Crippen LogP contribution in [0.25, 0.3) is 0 Å². The van der Waals surface area contributed by atoms with Crippen molar-refractivity contribution in [3.05, 3.63) is 41.3 Å². The fourth-order valence-corrected chi connectivity index (χ4v) is 2.39. The van der Waals surface area contributed by atoms with Crippen LogP contribution in [0.15, 0.2) is 24.3 Å². The van der Waals surface area contributed by atoms with Gasteiger partial charge in [0.05, 0.1) is 0 Å². The average Bonchev–Trinajstić information content (AvgIpc) is 2.80. The number of halogens is 1. The van der Waals surface area contributed by atoms with Gasteiger partial charge in [-0.25, -0.2) is 9.37 Å². The minimum absolute atomic E-state index is 0.217. The van der Waals surface area contributed by atoms with Gasteiger partial charge < -0.3 is 10.2 Å². The molecule has 2 aromatic rings. The molecule has 3 rings (SSSR count). The van der Waals surface area contributed by atoms with E-state index in [9.17, 15) is 4.39 Å². The van der Waals surface area contributed by atoms with Crippen molar-refractivity contribution < 1.29 is 4.39 Å². The third-order valence-electron chi connectivity index (χ3n) is 3.28. The van der Waals surface area contributed by atoms with Crippen LogP contribution in [-0.2, 0) is 6.42 Å². The van der Waals surface area contributed by atoms with E-state index in [2.05, 4.69) is 15.3 Å². The van der Waals surface area contributed by atoms with Gasteiger partial charge in [-0.15, -0.1) is 0 Å². The van der Waals surface area contributed by atoms with E-state index in [1.54, 1.807) is 13.1 Å². The number of benzene rings is 1. The van der Waals surface area contributed by atoms with Gasteiger partial charge in [-0.2, -0.15) is 4.98 Å². The number of fused-ring (bicyclic) bond motifs is 1. The zero-order valence-corrected chi connectivity index (χ0v) is 10.9. The Bertz CT molecular complexity index is 627. The molecule has 0 fully saturated rings. The summed E-state index contributed by atoms with van der Waals surface area (Å²) in [4.78, 5) is 10.8. The molecule has 5 heteroatoms. The smallest absolute Gasteiger partial charge is 0.224 e. The number of nitrogens with one attached hydrogen (secondary N) is 1. The van der Waals surface area contributed by atoms with E-state index < -0.39 is 0 Å². The zero-order chi connectivity index (χ0) is 13.4. The summed E-state index contributed by atoms with van der Waals surface area (Å²) in [5, 5.41) is 2.94. The summed E-state index contributed by atoms with van der Waals surface area (Å²) in [5.74, 6) is 1.17. The first-order valence-corrected chi connectivity index (χ1v) is 6.27. The highest BCUT2D eigenvalue weighted by molar-refractivity contribution is 5.68. The third kappa shape index (κ3) is 2.12. The van der Waals surface area contributed by atoms with Gasteiger partial charge in [-0.1, -0.05) is 6.07 Å². The van der Waals surface area contributed by atoms with E-state index in [1.165, 1.54) is 6.07 Å². The molecule has 19 heavy (non-hydrogen) atoms. The fourth-order valence-electron chi connectivity index (χ4n) is 2.39. The number of nitrogens with zero attached hydrogens (tertiary/aromatic N) is 3. The second-order valence-corrected chi connectivity index (χ2v) is 4.62. The lowest BCUT2D eigenvalue weighted by atomic mass is 10.2. The lowest BCUT2D eigenvalue weighted by Gasteiger charge is -2.19. The molecule has 0 bridgehead atoms. The van der Waals surface area contributed by atoms with Crippen LogP contribution in [0.3, 0.4) is 0 Å². The molecule has 1 aliphatic rings. The quantitative estimate of drug-likeness (QED) is 0.899. The Balaban J connectivity index is 2.06. The maximum atomic E-state index is 13.4. The fraction of sp³-hybridized carbons (Fsp3) is 0.286. The first-order valence-electron chi connectivity index (χ1n) is 6.27. The van der Waals surface area contributed by atoms with Crippen molar-refractivity contribution in [3.8, 4) is 0 Å². The van der Waals surface area contributed by atoms with Crippen molar-refractivity contribution in [1.29, 1.82) is 0 Å². The number of anilines is 3. The van der Waals surface area contributed by atoms with Crippen molar-refractivity contribution in [3.63, 3.8) is 0 Å². The summed E-state index contributed by atoms with van der Waals surface area (Å²) in [6, 6.07) is 6.84. The summed E-state index contributed by atoms with van der Waals surface area (Å²) in [5.41, 5.74) is 2.95. The molecule has 0 amide bonds. The number of aromatic nitrogens is 2. The number of rotatable bonds is 2. The van der Waals surface area contributed by atoms with Crippen LogP contribution >= 0.6 is 0 Å². The molecule has 1 aromatic heterocycles. The lowest BCUT2D eigenvalue weighted by molar-refractivity contribution is 0.628. The van der Waals surface area contributed by atoms with E-state index in [-0.39, 0.29) is 5.82 Å². The molecule has 0 aliphatic carbocycles. The van der Waals surface area contributed by atoms with E-state index in [4.69, 9.17) is 0 Å². The Kier molecular flexibility index (Phi) is 2.81. The minimum Gasteiger partial charge on any atom is -0.357 e. The predicted molar refractivity (Wildman–Crippen MR) is 73.4 cm³/mol. The van der Waals surface area contributed by atoms with Crippen molar-refractivity contribution in [2.45, 2.75) is 13.3 Å². The molecular weight excluding hydrogens is 243 g/mol. The highest BCUT2D eigenvalue weighted by Gasteiger charge is 2.22. The minimum atomic E-state index is -0.217. The van der Waals surface area contributed by atoms with Crippen molar-refractivity contribution in [2.24, 2.45) is 0 Å². The van der Waals surface area contributed by atoms with Crippen molar-refractivity contribution in [2.75, 3.05) is 23.8 Å². The van der Waals surface area contributed by atoms with E-state index in [0.29, 0.717) is 5.95 Å². The Labute approximate surface area is 111 Å². The molecular formula is C14H15FN4. The second kappa shape index (κ2) is 4.50. The first kappa shape index (κ1) is 11.9. The average molecular weight is 258 g/mol. The summed E-state index contributed by atoms with van der Waals surface area (Å²) < 4.78 is 13.4. The number of aryl methyl sites for hydroxylation is 1. The highest BCUT2D eigenvalue weighted by Crippen LogP contribution is 2.34. The maximum Gasteiger partial charge on any atom is 0.224 e. The molecule has 4 nitrogen and oxygen atoms in total. The molecule has 0 spiro atoms. The summed E-state index contributed by atoms with van der Waals surface area (Å²) in [7, 11) is 1.79. The molecule has 0 atom stereocenters. The molecule has 0 unspecified atom stereocenters. The number of hydrogen-bond acceptors (Lipinski definition) is 4. The van der Waals surface area contributed by atoms with Gasteiger partial charge >= 0.3 is 0 Å². The summed E-state index contributed by atoms with van der Waals surface area (Å²) in [6.07, 6.45) is 0.910. The standard InChI is InChI=1S/C14H15FN4/c1-9-7-13(18-14(16-2)17-9)19-6-5-10-3-4-11(15)8-12(10)19/h3-4,7-8H,5-6H2,1-2H3,(H,16,17,18). The van der Waals surface area contributed by atoms with E-state index >= 15 is 0 Å². The first-order chi connectivity index (χ1) is 9.17. The Morgan fingerprint density at radius 3 is 2.89 bits per heavy atom. The van der Waals surface area contributed by atoms with Crippen LogP contribution in [0.2, 0.25) is 0 Å². The number of hydrogen-bond donors (Lipinski definition) is 1. The largest absolute Gasteiger partial charge is 0.357 e. The van der Waals surface area contributed by atoms with Gasteiger partial charge in [0.25, 0.3) is 0 Å². The van der Waals surface area contributed by atoms with Crippen LogP contribution in [0, 0.1) is 12.7 Å². The van der Waals surface area contributed by atoms with Crippen LogP contribution in [-0.4, -0.2) is 23.6 Å². The molecule has 1 N–H and O–H groups in total. The van der Waals surface area contributed by atoms with Crippen LogP contribution in [0.4, 0.5) is 21.8 Å². The van der Waals surface area contributed by atoms with Gasteiger partial charge in [0.2, 0.25) is 5.95 Å².